The Bertz CT molecular complexity index is 900. The minimum absolute atomic E-state index is 0.000443. The number of amides is 1. The molecule has 0 saturated carbocycles. The second-order valence-corrected chi connectivity index (χ2v) is 6.88. The van der Waals surface area contributed by atoms with Crippen LogP contribution >= 0.6 is 22.9 Å². The maximum absolute atomic E-state index is 14.1. The van der Waals surface area contributed by atoms with Gasteiger partial charge in [0, 0.05) is 24.7 Å². The molecular weight excluding hydrogens is 337 g/mol. The Balaban J connectivity index is 1.73. The van der Waals surface area contributed by atoms with E-state index in [0.29, 0.717) is 16.1 Å². The standard InChI is InChI=1S/C16H13ClFN3OS/c17-10-6-14(23-9-10)13-3-2-11-12(18)7-21(16(11)19-13)8-15(22)20-4-1-5-20/h2-3,6-7,9H,1,4-5,8H2. The summed E-state index contributed by atoms with van der Waals surface area (Å²) in [5.74, 6) is -0.362. The van der Waals surface area contributed by atoms with E-state index >= 15 is 0 Å². The third kappa shape index (κ3) is 2.62. The van der Waals surface area contributed by atoms with Crippen molar-refractivity contribution in [2.45, 2.75) is 13.0 Å². The monoisotopic (exact) mass is 349 g/mol. The van der Waals surface area contributed by atoms with Crippen LogP contribution in [0.2, 0.25) is 5.02 Å². The average Bonchev–Trinajstić information content (AvgIpc) is 3.02. The Labute approximate surface area is 141 Å². The molecule has 4 heterocycles. The lowest BCUT2D eigenvalue weighted by Gasteiger charge is -2.31. The summed E-state index contributed by atoms with van der Waals surface area (Å²) in [5.41, 5.74) is 1.21. The van der Waals surface area contributed by atoms with Gasteiger partial charge in [0.2, 0.25) is 5.91 Å². The molecule has 7 heteroatoms. The van der Waals surface area contributed by atoms with Gasteiger partial charge in [-0.2, -0.15) is 0 Å². The first-order chi connectivity index (χ1) is 11.1. The number of hydrogen-bond donors (Lipinski definition) is 0. The first-order valence-electron chi connectivity index (χ1n) is 7.29. The van der Waals surface area contributed by atoms with Crippen molar-refractivity contribution >= 4 is 39.9 Å². The molecule has 1 fully saturated rings. The number of fused-ring (bicyclic) bond motifs is 1. The molecule has 0 spiro atoms. The largest absolute Gasteiger partial charge is 0.341 e. The van der Waals surface area contributed by atoms with Gasteiger partial charge in [-0.1, -0.05) is 11.6 Å². The number of nitrogens with zero attached hydrogens (tertiary/aromatic N) is 3. The maximum Gasteiger partial charge on any atom is 0.242 e. The van der Waals surface area contributed by atoms with Crippen LogP contribution in [0, 0.1) is 5.82 Å². The highest BCUT2D eigenvalue weighted by molar-refractivity contribution is 7.14. The van der Waals surface area contributed by atoms with Gasteiger partial charge in [0.25, 0.3) is 0 Å². The van der Waals surface area contributed by atoms with Crippen LogP contribution in [-0.2, 0) is 11.3 Å². The molecule has 1 aliphatic heterocycles. The molecule has 0 N–H and O–H groups in total. The Morgan fingerprint density at radius 1 is 1.39 bits per heavy atom. The van der Waals surface area contributed by atoms with Crippen LogP contribution in [0.3, 0.4) is 0 Å². The molecule has 3 aromatic rings. The van der Waals surface area contributed by atoms with E-state index in [1.165, 1.54) is 17.5 Å². The van der Waals surface area contributed by atoms with E-state index < -0.39 is 0 Å². The minimum atomic E-state index is -0.361. The summed E-state index contributed by atoms with van der Waals surface area (Å²) in [6.07, 6.45) is 2.38. The van der Waals surface area contributed by atoms with E-state index in [1.54, 1.807) is 21.6 Å². The zero-order chi connectivity index (χ0) is 16.0. The van der Waals surface area contributed by atoms with Gasteiger partial charge in [-0.05, 0) is 24.6 Å². The van der Waals surface area contributed by atoms with Crippen molar-refractivity contribution in [3.05, 3.63) is 40.6 Å². The molecule has 0 aromatic carbocycles. The summed E-state index contributed by atoms with van der Waals surface area (Å²) in [4.78, 5) is 19.4. The molecule has 0 aliphatic carbocycles. The molecule has 4 nitrogen and oxygen atoms in total. The lowest BCUT2D eigenvalue weighted by molar-refractivity contribution is -0.135. The van der Waals surface area contributed by atoms with Crippen molar-refractivity contribution in [3.8, 4) is 10.6 Å². The second-order valence-electron chi connectivity index (χ2n) is 5.54. The lowest BCUT2D eigenvalue weighted by atomic mass is 10.2. The highest BCUT2D eigenvalue weighted by atomic mass is 35.5. The van der Waals surface area contributed by atoms with Gasteiger partial charge in [0.1, 0.15) is 18.0 Å². The first-order valence-corrected chi connectivity index (χ1v) is 8.55. The molecule has 3 aromatic heterocycles. The number of rotatable bonds is 3. The fraction of sp³-hybridized carbons (Fsp3) is 0.250. The number of aromatic nitrogens is 2. The highest BCUT2D eigenvalue weighted by Gasteiger charge is 2.22. The van der Waals surface area contributed by atoms with Crippen molar-refractivity contribution in [2.24, 2.45) is 0 Å². The van der Waals surface area contributed by atoms with Crippen molar-refractivity contribution in [1.82, 2.24) is 14.5 Å². The molecule has 0 unspecified atom stereocenters. The smallest absolute Gasteiger partial charge is 0.242 e. The molecule has 4 rings (SSSR count). The molecular formula is C16H13ClFN3OS. The van der Waals surface area contributed by atoms with Crippen LogP contribution in [0.1, 0.15) is 6.42 Å². The molecule has 1 saturated heterocycles. The van der Waals surface area contributed by atoms with Gasteiger partial charge in [-0.3, -0.25) is 4.79 Å². The summed E-state index contributed by atoms with van der Waals surface area (Å²) >= 11 is 7.44. The van der Waals surface area contributed by atoms with E-state index in [4.69, 9.17) is 11.6 Å². The topological polar surface area (TPSA) is 38.1 Å². The summed E-state index contributed by atoms with van der Waals surface area (Å²) < 4.78 is 15.7. The zero-order valence-corrected chi connectivity index (χ0v) is 13.7. The van der Waals surface area contributed by atoms with Crippen LogP contribution in [0.4, 0.5) is 4.39 Å². The minimum Gasteiger partial charge on any atom is -0.341 e. The number of halogens is 2. The third-order valence-corrected chi connectivity index (χ3v) is 5.31. The number of pyridine rings is 1. The summed E-state index contributed by atoms with van der Waals surface area (Å²) in [5, 5.41) is 2.91. The van der Waals surface area contributed by atoms with Gasteiger partial charge in [-0.25, -0.2) is 9.37 Å². The molecule has 0 bridgehead atoms. The number of likely N-dealkylation sites (tertiary alicyclic amines) is 1. The predicted octanol–water partition coefficient (Wildman–Crippen LogP) is 3.79. The number of carbonyl (C=O) groups excluding carboxylic acids is 1. The average molecular weight is 350 g/mol. The van der Waals surface area contributed by atoms with Crippen LogP contribution in [0.5, 0.6) is 0 Å². The molecule has 118 valence electrons. The SMILES string of the molecule is O=C(Cn1cc(F)c2ccc(-c3cc(Cl)cs3)nc21)N1CCC1. The molecule has 23 heavy (non-hydrogen) atoms. The van der Waals surface area contributed by atoms with Gasteiger partial charge < -0.3 is 9.47 Å². The predicted molar refractivity (Wildman–Crippen MR) is 89.2 cm³/mol. The van der Waals surface area contributed by atoms with Crippen molar-refractivity contribution in [3.63, 3.8) is 0 Å². The zero-order valence-electron chi connectivity index (χ0n) is 12.1. The Hall–Kier alpha value is -1.92. The van der Waals surface area contributed by atoms with Crippen molar-refractivity contribution in [1.29, 1.82) is 0 Å². The Morgan fingerprint density at radius 2 is 2.22 bits per heavy atom. The summed E-state index contributed by atoms with van der Waals surface area (Å²) in [6.45, 7) is 1.68. The van der Waals surface area contributed by atoms with Crippen LogP contribution < -0.4 is 0 Å². The quantitative estimate of drug-likeness (QED) is 0.721. The van der Waals surface area contributed by atoms with Crippen molar-refractivity contribution in [2.75, 3.05) is 13.1 Å². The van der Waals surface area contributed by atoms with Crippen LogP contribution in [-0.4, -0.2) is 33.4 Å². The van der Waals surface area contributed by atoms with Crippen LogP contribution in [0.15, 0.2) is 29.8 Å². The van der Waals surface area contributed by atoms with E-state index in [9.17, 15) is 9.18 Å². The second kappa shape index (κ2) is 5.62. The summed E-state index contributed by atoms with van der Waals surface area (Å²) in [7, 11) is 0. The van der Waals surface area contributed by atoms with Crippen molar-refractivity contribution < 1.29 is 9.18 Å². The normalized spacial score (nSPS) is 14.3. The molecule has 0 atom stereocenters. The van der Waals surface area contributed by atoms with Crippen LogP contribution in [0.25, 0.3) is 21.6 Å². The highest BCUT2D eigenvalue weighted by Crippen LogP contribution is 2.30. The van der Waals surface area contributed by atoms with E-state index in [0.717, 1.165) is 30.1 Å². The van der Waals surface area contributed by atoms with E-state index in [1.807, 2.05) is 11.4 Å². The Morgan fingerprint density at radius 3 is 2.87 bits per heavy atom. The fourth-order valence-electron chi connectivity index (χ4n) is 2.64. The third-order valence-electron chi connectivity index (χ3n) is 4.01. The lowest BCUT2D eigenvalue weighted by Crippen LogP contribution is -2.43. The van der Waals surface area contributed by atoms with Gasteiger partial charge in [0.05, 0.1) is 21.0 Å². The van der Waals surface area contributed by atoms with E-state index in [2.05, 4.69) is 4.98 Å². The number of hydrogen-bond acceptors (Lipinski definition) is 3. The fourth-order valence-corrected chi connectivity index (χ4v) is 3.68. The van der Waals surface area contributed by atoms with Gasteiger partial charge in [0.15, 0.2) is 0 Å². The molecule has 1 aliphatic rings. The summed E-state index contributed by atoms with van der Waals surface area (Å²) in [6, 6.07) is 5.30. The van der Waals surface area contributed by atoms with Gasteiger partial charge in [-0.15, -0.1) is 11.3 Å². The molecule has 0 radical (unpaired) electrons. The number of thiophene rings is 1. The van der Waals surface area contributed by atoms with Gasteiger partial charge >= 0.3 is 0 Å². The van der Waals surface area contributed by atoms with E-state index in [-0.39, 0.29) is 18.3 Å². The maximum atomic E-state index is 14.1. The number of carbonyl (C=O) groups is 1. The first kappa shape index (κ1) is 14.7. The Kier molecular flexibility index (Phi) is 3.58. The molecule has 1 amide bonds.